The Hall–Kier alpha value is -6.44. The normalized spacial score (nSPS) is 18.8. The second-order valence-corrected chi connectivity index (χ2v) is 9.03. The van der Waals surface area contributed by atoms with E-state index in [-0.39, 0.29) is 68.8 Å². The number of allylic oxidation sites excluding steroid dienone is 6. The molecule has 0 amide bonds. The summed E-state index contributed by atoms with van der Waals surface area (Å²) in [5.41, 5.74) is 0. The molecule has 3 aliphatic rings. The van der Waals surface area contributed by atoms with E-state index in [4.69, 9.17) is 25.1 Å². The number of hydrogen-bond acceptors (Lipinski definition) is 17. The van der Waals surface area contributed by atoms with Gasteiger partial charge in [-0.3, -0.25) is 9.59 Å². The third-order valence-electron chi connectivity index (χ3n) is 5.84. The van der Waals surface area contributed by atoms with Crippen molar-refractivity contribution < 1.29 is 87.2 Å². The molecule has 0 radical (unpaired) electrons. The van der Waals surface area contributed by atoms with Gasteiger partial charge in [-0.25, -0.2) is 28.8 Å². The van der Waals surface area contributed by atoms with Crippen molar-refractivity contribution in [3.63, 3.8) is 0 Å². The van der Waals surface area contributed by atoms with Gasteiger partial charge in [0.1, 0.15) is 11.6 Å². The molecule has 0 aromatic rings. The predicted molar refractivity (Wildman–Crippen MR) is 182 cm³/mol. The van der Waals surface area contributed by atoms with Crippen LogP contribution in [0.4, 0.5) is 0 Å². The largest absolute Gasteiger partial charge is 0.466 e. The molecule has 4 atom stereocenters. The van der Waals surface area contributed by atoms with E-state index in [1.165, 1.54) is 77.0 Å². The zero-order valence-electron chi connectivity index (χ0n) is 31.9. The van der Waals surface area contributed by atoms with Gasteiger partial charge in [0.15, 0.2) is 0 Å². The van der Waals surface area contributed by atoms with Crippen LogP contribution in [-0.4, -0.2) is 88.1 Å². The van der Waals surface area contributed by atoms with Crippen molar-refractivity contribution in [2.45, 2.75) is 35.1 Å². The number of rotatable bonds is 6. The third kappa shape index (κ3) is 27.5. The maximum atomic E-state index is 11.5. The standard InChI is InChI=1S/C11H14O2.2C8H10O4.C4H2O3.2CO2.2CH4.2H2/c1-6-3-4-7(2)11-9(13)5-8(12)10(6)11;2*1-11-7(9)5-3-4-6-8(10)12-2;5-3-1-2-4(6)7-3;2*2-1-3;;;;/h3-4,6-7,10-11H,5H2,1-2H3;2*3-6H,1-2H3;1-2H;;;2*1H4;2*1H/b;5-3+,6-4+;5-3-,6-4+;;;;;;;/t6-,7+,10+,11-;;;;;;;;;/i;;;;;;;;2*1+2D. The number of carbonyl (C=O) groups excluding carboxylic acids is 12. The Labute approximate surface area is 307 Å². The number of fused-ring (bicyclic) bond motifs is 1. The molecule has 3 rings (SSSR count). The van der Waals surface area contributed by atoms with Gasteiger partial charge in [0.05, 0.1) is 34.9 Å². The Morgan fingerprint density at radius 3 is 1.04 bits per heavy atom. The average Bonchev–Trinajstić information content (AvgIpc) is 3.71. The summed E-state index contributed by atoms with van der Waals surface area (Å²) in [5.74, 6) is -2.27. The molecule has 1 fully saturated rings. The van der Waals surface area contributed by atoms with Crippen molar-refractivity contribution in [1.82, 2.24) is 0 Å². The zero-order valence-corrected chi connectivity index (χ0v) is 27.9. The van der Waals surface area contributed by atoms with E-state index in [9.17, 15) is 38.4 Å². The fraction of sp³-hybridized carbons (Fsp3) is 0.371. The fourth-order valence-electron chi connectivity index (χ4n) is 3.75. The highest BCUT2D eigenvalue weighted by molar-refractivity contribution is 6.09. The van der Waals surface area contributed by atoms with Crippen molar-refractivity contribution in [3.8, 4) is 0 Å². The SMILES string of the molecule is C.C.COC(=O)/C=C/C=C/C(=O)OC.COC(=O)/C=C\C=C\C(=O)OC.C[C@@H]1C=C[C@H](C)[C@@H]2C(=O)CC(=O)[C@@H]21.O=C1C=CC(=O)O1.O=C=O.O=C=O.[2H][3H].[2H][3H]. The van der Waals surface area contributed by atoms with E-state index in [2.05, 4.69) is 35.8 Å². The second-order valence-electron chi connectivity index (χ2n) is 9.03. The number of ether oxygens (including phenoxy) is 5. The van der Waals surface area contributed by atoms with Gasteiger partial charge in [-0.15, -0.1) is 0 Å². The lowest BCUT2D eigenvalue weighted by atomic mass is 9.73. The molecule has 1 saturated carbocycles. The van der Waals surface area contributed by atoms with Crippen LogP contribution in [-0.2, 0) is 81.2 Å². The van der Waals surface area contributed by atoms with Crippen molar-refractivity contribution in [2.24, 2.45) is 23.7 Å². The molecule has 1 aliphatic heterocycles. The number of cyclic esters (lactones) is 2. The molecule has 290 valence electrons. The maximum absolute atomic E-state index is 11.5. The van der Waals surface area contributed by atoms with Crippen LogP contribution in [0.3, 0.4) is 0 Å². The maximum Gasteiger partial charge on any atom is 0.373 e. The van der Waals surface area contributed by atoms with Gasteiger partial charge in [-0.05, 0) is 11.8 Å². The minimum Gasteiger partial charge on any atom is -0.466 e. The smallest absolute Gasteiger partial charge is 0.373 e. The van der Waals surface area contributed by atoms with Gasteiger partial charge < -0.3 is 23.7 Å². The minimum atomic E-state index is -0.579. The first-order valence-corrected chi connectivity index (χ1v) is 13.8. The molecule has 0 aromatic heterocycles. The van der Waals surface area contributed by atoms with Crippen molar-refractivity contribution in [3.05, 3.63) is 72.9 Å². The van der Waals surface area contributed by atoms with Crippen molar-refractivity contribution >= 4 is 59.7 Å². The monoisotopic (exact) mass is 746 g/mol. The number of esters is 6. The van der Waals surface area contributed by atoms with Crippen LogP contribution in [0.1, 0.15) is 41.1 Å². The van der Waals surface area contributed by atoms with Gasteiger partial charge in [0, 0.05) is 54.2 Å². The summed E-state index contributed by atoms with van der Waals surface area (Å²) < 4.78 is 41.2. The van der Waals surface area contributed by atoms with Crippen LogP contribution < -0.4 is 0 Å². The van der Waals surface area contributed by atoms with Crippen LogP contribution >= 0.6 is 0 Å². The Kier molecular flexibility index (Phi) is 33.1. The molecule has 52 heavy (non-hydrogen) atoms. The molecule has 0 unspecified atom stereocenters. The van der Waals surface area contributed by atoms with E-state index in [0.29, 0.717) is 0 Å². The number of methoxy groups -OCH3 is 4. The summed E-state index contributed by atoms with van der Waals surface area (Å²) in [7, 11) is 5.10. The lowest BCUT2D eigenvalue weighted by molar-refractivity contribution is -0.193. The van der Waals surface area contributed by atoms with Gasteiger partial charge in [0.2, 0.25) is 0 Å². The second kappa shape index (κ2) is 34.4. The highest BCUT2D eigenvalue weighted by atomic mass is 16.6. The van der Waals surface area contributed by atoms with Crippen LogP contribution in [0, 0.1) is 23.7 Å². The molecule has 0 N–H and O–H groups in total. The summed E-state index contributed by atoms with van der Waals surface area (Å²) in [6, 6.07) is 0. The van der Waals surface area contributed by atoms with Gasteiger partial charge >= 0.3 is 48.1 Å². The van der Waals surface area contributed by atoms with Crippen molar-refractivity contribution in [1.29, 1.82) is 0 Å². The average molecular weight is 747 g/mol. The van der Waals surface area contributed by atoms with Crippen molar-refractivity contribution in [2.75, 3.05) is 28.4 Å². The zero-order chi connectivity index (χ0) is 43.1. The number of hydrogen-bond donors (Lipinski definition) is 0. The molecule has 0 aromatic carbocycles. The van der Waals surface area contributed by atoms with Crippen LogP contribution in [0.2, 0.25) is 0 Å². The third-order valence-corrected chi connectivity index (χ3v) is 5.84. The van der Waals surface area contributed by atoms with Crippen LogP contribution in [0.5, 0.6) is 0 Å². The Morgan fingerprint density at radius 1 is 0.635 bits per heavy atom. The lowest BCUT2D eigenvalue weighted by Gasteiger charge is -2.29. The van der Waals surface area contributed by atoms with Gasteiger partial charge in [0.25, 0.3) is 0 Å². The Bertz CT molecular complexity index is 1300. The Balaban J connectivity index is -0.000000106. The lowest BCUT2D eigenvalue weighted by Crippen LogP contribution is -2.31. The van der Waals surface area contributed by atoms with E-state index in [0.717, 1.165) is 12.2 Å². The quantitative estimate of drug-likeness (QED) is 0.0946. The summed E-state index contributed by atoms with van der Waals surface area (Å²) in [5, 5.41) is 0. The number of ketones is 2. The molecular weight excluding hydrogens is 692 g/mol. The summed E-state index contributed by atoms with van der Waals surface area (Å²) in [6.07, 6.45) is 17.3. The molecule has 0 bridgehead atoms. The minimum absolute atomic E-state index is 0. The number of Topliss-reactive ketones (excluding diaryl/α,β-unsaturated/α-hetero) is 2. The first kappa shape index (κ1) is 49.9. The first-order valence-electron chi connectivity index (χ1n) is 15.8. The Morgan fingerprint density at radius 2 is 0.865 bits per heavy atom. The molecule has 2 aliphatic carbocycles. The molecule has 17 heteroatoms. The molecular formula is C35H48O17. The summed E-state index contributed by atoms with van der Waals surface area (Å²) in [6.45, 7) is 4.05. The predicted octanol–water partition coefficient (Wildman–Crippen LogP) is 2.72. The summed E-state index contributed by atoms with van der Waals surface area (Å²) in [4.78, 5) is 117. The van der Waals surface area contributed by atoms with E-state index in [1.54, 1.807) is 0 Å². The molecule has 17 nitrogen and oxygen atoms in total. The van der Waals surface area contributed by atoms with Crippen LogP contribution in [0.15, 0.2) is 72.9 Å². The van der Waals surface area contributed by atoms with E-state index in [1.807, 2.05) is 13.8 Å². The molecule has 0 spiro atoms. The van der Waals surface area contributed by atoms with Gasteiger partial charge in [-0.1, -0.05) is 65.2 Å². The molecule has 1 heterocycles. The van der Waals surface area contributed by atoms with E-state index >= 15 is 0 Å². The highest BCUT2D eigenvalue weighted by Gasteiger charge is 2.47. The first-order chi connectivity index (χ1) is 25.6. The van der Waals surface area contributed by atoms with Gasteiger partial charge in [-0.2, -0.15) is 19.2 Å². The topological polar surface area (TPSA) is 251 Å². The highest BCUT2D eigenvalue weighted by Crippen LogP contribution is 2.40. The fourth-order valence-corrected chi connectivity index (χ4v) is 3.75. The van der Waals surface area contributed by atoms with E-state index < -0.39 is 35.8 Å². The number of carbonyl (C=O) groups is 8. The van der Waals surface area contributed by atoms with Crippen LogP contribution in [0.25, 0.3) is 0 Å². The molecule has 0 saturated heterocycles. The summed E-state index contributed by atoms with van der Waals surface area (Å²) >= 11 is 0.